The number of likely N-dealkylation sites (N-methyl/N-ethyl adjacent to an activating group) is 1. The van der Waals surface area contributed by atoms with Crippen LogP contribution in [0.5, 0.6) is 5.75 Å². The Hall–Kier alpha value is -2.16. The summed E-state index contributed by atoms with van der Waals surface area (Å²) in [5.41, 5.74) is 1.70. The molecule has 0 spiro atoms. The van der Waals surface area contributed by atoms with Gasteiger partial charge in [0.25, 0.3) is 0 Å². The van der Waals surface area contributed by atoms with E-state index in [1.54, 1.807) is 4.90 Å². The highest BCUT2D eigenvalue weighted by atomic mass is 16.6. The fourth-order valence-corrected chi connectivity index (χ4v) is 4.00. The summed E-state index contributed by atoms with van der Waals surface area (Å²) in [6.07, 6.45) is 0.698. The summed E-state index contributed by atoms with van der Waals surface area (Å²) in [6, 6.07) is 5.59. The van der Waals surface area contributed by atoms with Crippen molar-refractivity contribution in [1.82, 2.24) is 10.2 Å². The van der Waals surface area contributed by atoms with Crippen LogP contribution in [0, 0.1) is 0 Å². The smallest absolute Gasteiger partial charge is 0.238 e. The van der Waals surface area contributed by atoms with E-state index in [1.165, 1.54) is 0 Å². The summed E-state index contributed by atoms with van der Waals surface area (Å²) in [5, 5.41) is 15.6. The van der Waals surface area contributed by atoms with Gasteiger partial charge in [-0.3, -0.25) is 9.59 Å². The second-order valence-electron chi connectivity index (χ2n) is 8.00. The fourth-order valence-electron chi connectivity index (χ4n) is 4.00. The third-order valence-corrected chi connectivity index (χ3v) is 5.23. The summed E-state index contributed by atoms with van der Waals surface area (Å²) in [7, 11) is 3.68. The van der Waals surface area contributed by atoms with Crippen molar-refractivity contribution in [2.45, 2.75) is 50.4 Å². The average Bonchev–Trinajstić information content (AvgIpc) is 3.03. The number of carbonyl (C=O) groups is 2. The number of nitrogens with zero attached hydrogens (tertiary/aromatic N) is 1. The molecule has 1 aromatic rings. The van der Waals surface area contributed by atoms with E-state index in [0.717, 1.165) is 17.7 Å². The number of carbonyl (C=O) groups excluding carboxylic acids is 2. The molecule has 0 radical (unpaired) electrons. The molecule has 1 saturated heterocycles. The van der Waals surface area contributed by atoms with Gasteiger partial charge < -0.3 is 30.1 Å². The zero-order valence-corrected chi connectivity index (χ0v) is 17.3. The molecule has 29 heavy (non-hydrogen) atoms. The average molecular weight is 405 g/mol. The van der Waals surface area contributed by atoms with E-state index in [4.69, 9.17) is 9.47 Å². The highest BCUT2D eigenvalue weighted by Gasteiger charge is 2.46. The lowest BCUT2D eigenvalue weighted by Crippen LogP contribution is -2.47. The molecule has 0 saturated carbocycles. The van der Waals surface area contributed by atoms with Crippen LogP contribution >= 0.6 is 0 Å². The molecule has 2 heterocycles. The van der Waals surface area contributed by atoms with Crippen molar-refractivity contribution in [3.63, 3.8) is 0 Å². The normalized spacial score (nSPS) is 25.1. The lowest BCUT2D eigenvalue weighted by molar-refractivity contribution is -0.142. The van der Waals surface area contributed by atoms with Gasteiger partial charge in [-0.2, -0.15) is 0 Å². The number of rotatable bonds is 8. The van der Waals surface area contributed by atoms with Crippen LogP contribution < -0.4 is 15.4 Å². The molecule has 0 bridgehead atoms. The summed E-state index contributed by atoms with van der Waals surface area (Å²) < 4.78 is 12.0. The Balaban J connectivity index is 1.73. The summed E-state index contributed by atoms with van der Waals surface area (Å²) >= 11 is 0. The first-order valence-corrected chi connectivity index (χ1v) is 10.2. The van der Waals surface area contributed by atoms with Crippen LogP contribution in [0.1, 0.15) is 37.7 Å². The van der Waals surface area contributed by atoms with E-state index in [2.05, 4.69) is 10.6 Å². The number of fused-ring (bicyclic) bond motifs is 3. The summed E-state index contributed by atoms with van der Waals surface area (Å²) in [6.45, 7) is 2.78. The number of nitrogens with one attached hydrogen (secondary N) is 2. The van der Waals surface area contributed by atoms with Gasteiger partial charge in [-0.05, 0) is 45.1 Å². The first-order chi connectivity index (χ1) is 13.9. The number of aliphatic hydroxyl groups is 1. The van der Waals surface area contributed by atoms with Crippen LogP contribution in [0.2, 0.25) is 0 Å². The van der Waals surface area contributed by atoms with Gasteiger partial charge in [0.1, 0.15) is 18.0 Å². The lowest BCUT2D eigenvalue weighted by Gasteiger charge is -2.37. The monoisotopic (exact) mass is 405 g/mol. The number of amides is 2. The first-order valence-electron chi connectivity index (χ1n) is 10.2. The standard InChI is InChI=1S/C21H31N3O5/c1-4-7-22-19(26)10-14-9-16-15-8-13(23-20(27)11-24(2)3)5-6-17(15)29-21(16)18(12-25)28-14/h5-6,8,14,16,18,21,25H,4,7,9-12H2,1-3H3,(H,22,26)(H,23,27)/t14-,16-,18+,21+/m1/s1. The molecule has 2 aliphatic heterocycles. The molecule has 0 aliphatic carbocycles. The minimum Gasteiger partial charge on any atom is -0.487 e. The van der Waals surface area contributed by atoms with Crippen LogP contribution in [0.25, 0.3) is 0 Å². The van der Waals surface area contributed by atoms with E-state index in [0.29, 0.717) is 25.2 Å². The summed E-state index contributed by atoms with van der Waals surface area (Å²) in [4.78, 5) is 26.0. The molecule has 4 atom stereocenters. The molecule has 0 aromatic heterocycles. The molecule has 160 valence electrons. The molecule has 3 N–H and O–H groups in total. The molecule has 0 unspecified atom stereocenters. The Morgan fingerprint density at radius 1 is 1.28 bits per heavy atom. The molecule has 1 fully saturated rings. The number of ether oxygens (including phenoxy) is 2. The summed E-state index contributed by atoms with van der Waals surface area (Å²) in [5.74, 6) is 0.612. The maximum atomic E-state index is 12.1. The number of aliphatic hydroxyl groups excluding tert-OH is 1. The van der Waals surface area contributed by atoms with Crippen molar-refractivity contribution in [2.24, 2.45) is 0 Å². The SMILES string of the molecule is CCCNC(=O)C[C@H]1C[C@@H]2c3cc(NC(=O)CN(C)C)ccc3O[C@@H]2[C@H](CO)O1. The molecule has 2 amide bonds. The quantitative estimate of drug-likeness (QED) is 0.599. The number of anilines is 1. The fraction of sp³-hybridized carbons (Fsp3) is 0.619. The topological polar surface area (TPSA) is 100 Å². The second-order valence-corrected chi connectivity index (χ2v) is 8.00. The zero-order valence-electron chi connectivity index (χ0n) is 17.3. The number of benzene rings is 1. The van der Waals surface area contributed by atoms with E-state index in [1.807, 2.05) is 39.2 Å². The van der Waals surface area contributed by atoms with Gasteiger partial charge in [0, 0.05) is 23.7 Å². The van der Waals surface area contributed by atoms with Gasteiger partial charge in [-0.15, -0.1) is 0 Å². The molecule has 8 nitrogen and oxygen atoms in total. The molecule has 1 aromatic carbocycles. The molecule has 3 rings (SSSR count). The van der Waals surface area contributed by atoms with Gasteiger partial charge in [0.2, 0.25) is 11.8 Å². The Morgan fingerprint density at radius 3 is 2.76 bits per heavy atom. The third kappa shape index (κ3) is 5.26. The van der Waals surface area contributed by atoms with E-state index >= 15 is 0 Å². The third-order valence-electron chi connectivity index (χ3n) is 5.23. The van der Waals surface area contributed by atoms with Gasteiger partial charge in [-0.1, -0.05) is 6.92 Å². The van der Waals surface area contributed by atoms with Crippen molar-refractivity contribution >= 4 is 17.5 Å². The predicted molar refractivity (Wildman–Crippen MR) is 109 cm³/mol. The Bertz CT molecular complexity index is 739. The lowest BCUT2D eigenvalue weighted by atomic mass is 9.84. The van der Waals surface area contributed by atoms with Crippen LogP contribution in [-0.4, -0.2) is 73.9 Å². The minimum atomic E-state index is -0.489. The number of hydrogen-bond donors (Lipinski definition) is 3. The largest absolute Gasteiger partial charge is 0.487 e. The van der Waals surface area contributed by atoms with Gasteiger partial charge in [-0.25, -0.2) is 0 Å². The van der Waals surface area contributed by atoms with Gasteiger partial charge >= 0.3 is 0 Å². The molecular weight excluding hydrogens is 374 g/mol. The van der Waals surface area contributed by atoms with E-state index in [-0.39, 0.29) is 43.0 Å². The van der Waals surface area contributed by atoms with Gasteiger partial charge in [0.15, 0.2) is 0 Å². The highest BCUT2D eigenvalue weighted by Crippen LogP contribution is 2.47. The van der Waals surface area contributed by atoms with Crippen molar-refractivity contribution in [2.75, 3.05) is 39.1 Å². The first kappa shape index (κ1) is 21.5. The highest BCUT2D eigenvalue weighted by molar-refractivity contribution is 5.92. The van der Waals surface area contributed by atoms with Crippen molar-refractivity contribution < 1.29 is 24.2 Å². The predicted octanol–water partition coefficient (Wildman–Crippen LogP) is 1.10. The zero-order chi connectivity index (χ0) is 21.0. The Labute approximate surface area is 171 Å². The molecule has 2 aliphatic rings. The number of hydrogen-bond acceptors (Lipinski definition) is 6. The van der Waals surface area contributed by atoms with Crippen molar-refractivity contribution in [3.05, 3.63) is 23.8 Å². The molecule has 8 heteroatoms. The van der Waals surface area contributed by atoms with Crippen LogP contribution in [0.3, 0.4) is 0 Å². The van der Waals surface area contributed by atoms with Gasteiger partial charge in [0.05, 0.1) is 25.7 Å². The van der Waals surface area contributed by atoms with Crippen LogP contribution in [0.15, 0.2) is 18.2 Å². The molecular formula is C21H31N3O5. The maximum absolute atomic E-state index is 12.1. The van der Waals surface area contributed by atoms with Crippen LogP contribution in [-0.2, 0) is 14.3 Å². The Morgan fingerprint density at radius 2 is 2.07 bits per heavy atom. The second kappa shape index (κ2) is 9.56. The van der Waals surface area contributed by atoms with E-state index in [9.17, 15) is 14.7 Å². The Kier molecular flexibility index (Phi) is 7.10. The minimum absolute atomic E-state index is 0.00516. The maximum Gasteiger partial charge on any atom is 0.238 e. The van der Waals surface area contributed by atoms with Crippen LogP contribution in [0.4, 0.5) is 5.69 Å². The van der Waals surface area contributed by atoms with E-state index < -0.39 is 6.10 Å². The van der Waals surface area contributed by atoms with Crippen molar-refractivity contribution in [3.8, 4) is 5.75 Å². The van der Waals surface area contributed by atoms with Crippen molar-refractivity contribution in [1.29, 1.82) is 0 Å².